The molecular formula is C5H6N6OS. The van der Waals surface area contributed by atoms with Crippen LogP contribution < -0.4 is 11.3 Å². The summed E-state index contributed by atoms with van der Waals surface area (Å²) in [7, 11) is 0. The van der Waals surface area contributed by atoms with Gasteiger partial charge >= 0.3 is 0 Å². The van der Waals surface area contributed by atoms with Gasteiger partial charge < -0.3 is 5.73 Å². The first kappa shape index (κ1) is 8.05. The van der Waals surface area contributed by atoms with Crippen molar-refractivity contribution in [3.05, 3.63) is 10.4 Å². The Morgan fingerprint density at radius 1 is 1.54 bits per heavy atom. The van der Waals surface area contributed by atoms with Crippen LogP contribution in [0.15, 0.2) is 9.95 Å². The van der Waals surface area contributed by atoms with Gasteiger partial charge in [0, 0.05) is 0 Å². The number of rotatable bonds is 1. The predicted octanol–water partition coefficient (Wildman–Crippen LogP) is -0.883. The molecule has 0 aromatic carbocycles. The quantitative estimate of drug-likeness (QED) is 0.577. The van der Waals surface area contributed by atoms with E-state index < -0.39 is 0 Å². The molecular weight excluding hydrogens is 192 g/mol. The van der Waals surface area contributed by atoms with Crippen molar-refractivity contribution < 1.29 is 0 Å². The predicted molar refractivity (Wildman–Crippen MR) is 47.6 cm³/mol. The third-order valence-electron chi connectivity index (χ3n) is 1.45. The summed E-state index contributed by atoms with van der Waals surface area (Å²) in [6, 6.07) is 0. The lowest BCUT2D eigenvalue weighted by atomic mass is 10.7. The summed E-state index contributed by atoms with van der Waals surface area (Å²) in [5.74, 6) is 0.0487. The molecule has 0 radical (unpaired) electrons. The molecule has 2 aromatic heterocycles. The third-order valence-corrected chi connectivity index (χ3v) is 2.07. The Kier molecular flexibility index (Phi) is 1.69. The van der Waals surface area contributed by atoms with Crippen LogP contribution in [0.2, 0.25) is 0 Å². The van der Waals surface area contributed by atoms with Gasteiger partial charge in [-0.2, -0.15) is 4.52 Å². The van der Waals surface area contributed by atoms with Crippen molar-refractivity contribution in [3.8, 4) is 0 Å². The molecule has 13 heavy (non-hydrogen) atoms. The zero-order valence-corrected chi connectivity index (χ0v) is 7.50. The van der Waals surface area contributed by atoms with Gasteiger partial charge in [0.15, 0.2) is 0 Å². The van der Waals surface area contributed by atoms with E-state index in [0.29, 0.717) is 5.16 Å². The fourth-order valence-corrected chi connectivity index (χ4v) is 1.35. The molecule has 0 aliphatic carbocycles. The maximum atomic E-state index is 11.2. The average molecular weight is 198 g/mol. The highest BCUT2D eigenvalue weighted by molar-refractivity contribution is 7.98. The number of fused-ring (bicyclic) bond motifs is 1. The zero-order valence-electron chi connectivity index (χ0n) is 6.68. The summed E-state index contributed by atoms with van der Waals surface area (Å²) in [4.78, 5) is 13.5. The molecule has 0 fully saturated rings. The molecule has 8 heteroatoms. The third kappa shape index (κ3) is 1.15. The molecule has 0 amide bonds. The molecule has 0 spiro atoms. The zero-order chi connectivity index (χ0) is 9.42. The van der Waals surface area contributed by atoms with E-state index in [0.717, 1.165) is 0 Å². The molecule has 2 heterocycles. The highest BCUT2D eigenvalue weighted by Gasteiger charge is 2.08. The van der Waals surface area contributed by atoms with Gasteiger partial charge in [-0.25, -0.2) is 0 Å². The van der Waals surface area contributed by atoms with Crippen molar-refractivity contribution in [2.45, 2.75) is 5.16 Å². The summed E-state index contributed by atoms with van der Waals surface area (Å²) >= 11 is 1.34. The number of nitrogen functional groups attached to an aromatic ring is 1. The van der Waals surface area contributed by atoms with Crippen molar-refractivity contribution in [2.75, 3.05) is 12.0 Å². The molecule has 68 valence electrons. The normalized spacial score (nSPS) is 10.8. The summed E-state index contributed by atoms with van der Waals surface area (Å²) in [6.45, 7) is 0. The SMILES string of the molecule is CSc1nnc2c(=O)[nH]c(N)nn12. The smallest absolute Gasteiger partial charge is 0.297 e. The van der Waals surface area contributed by atoms with E-state index in [-0.39, 0.29) is 17.2 Å². The van der Waals surface area contributed by atoms with Crippen LogP contribution in [0.3, 0.4) is 0 Å². The molecule has 7 nitrogen and oxygen atoms in total. The van der Waals surface area contributed by atoms with E-state index in [1.165, 1.54) is 16.3 Å². The molecule has 3 N–H and O–H groups in total. The number of nitrogens with zero attached hydrogens (tertiary/aromatic N) is 4. The molecule has 0 saturated carbocycles. The van der Waals surface area contributed by atoms with E-state index in [2.05, 4.69) is 20.3 Å². The number of aromatic amines is 1. The van der Waals surface area contributed by atoms with Crippen LogP contribution in [0.25, 0.3) is 5.65 Å². The lowest BCUT2D eigenvalue weighted by molar-refractivity contribution is 0.798. The average Bonchev–Trinajstić information content (AvgIpc) is 2.47. The number of thioether (sulfide) groups is 1. The first-order valence-electron chi connectivity index (χ1n) is 3.37. The van der Waals surface area contributed by atoms with Crippen molar-refractivity contribution >= 4 is 23.4 Å². The fraction of sp³-hybridized carbons (Fsp3) is 0.200. The van der Waals surface area contributed by atoms with Crippen LogP contribution in [0.4, 0.5) is 5.95 Å². The number of anilines is 1. The lowest BCUT2D eigenvalue weighted by Gasteiger charge is -1.94. The van der Waals surface area contributed by atoms with Gasteiger partial charge in [0.25, 0.3) is 5.56 Å². The van der Waals surface area contributed by atoms with Gasteiger partial charge in [-0.1, -0.05) is 11.8 Å². The Morgan fingerprint density at radius 2 is 2.31 bits per heavy atom. The number of nitrogens with two attached hydrogens (primary N) is 1. The molecule has 2 rings (SSSR count). The summed E-state index contributed by atoms with van der Waals surface area (Å²) < 4.78 is 1.32. The summed E-state index contributed by atoms with van der Waals surface area (Å²) in [6.07, 6.45) is 1.81. The largest absolute Gasteiger partial charge is 0.368 e. The summed E-state index contributed by atoms with van der Waals surface area (Å²) in [5, 5.41) is 11.8. The van der Waals surface area contributed by atoms with E-state index in [1.807, 2.05) is 6.26 Å². The molecule has 0 bridgehead atoms. The van der Waals surface area contributed by atoms with Crippen molar-refractivity contribution in [3.63, 3.8) is 0 Å². The number of hydrogen-bond acceptors (Lipinski definition) is 6. The van der Waals surface area contributed by atoms with E-state index in [9.17, 15) is 4.79 Å². The maximum Gasteiger partial charge on any atom is 0.297 e. The second kappa shape index (κ2) is 2.73. The molecule has 0 aliphatic heterocycles. The van der Waals surface area contributed by atoms with Crippen LogP contribution in [0.1, 0.15) is 0 Å². The molecule has 0 unspecified atom stereocenters. The van der Waals surface area contributed by atoms with Crippen LogP contribution in [0.5, 0.6) is 0 Å². The Hall–Kier alpha value is -1.57. The Morgan fingerprint density at radius 3 is 3.00 bits per heavy atom. The standard InChI is InChI=1S/C5H6N6OS/c1-13-5-9-8-2-3(12)7-4(6)10-11(2)5/h1H3,(H3,6,7,10,12). The van der Waals surface area contributed by atoms with Gasteiger partial charge in [-0.3, -0.25) is 9.78 Å². The van der Waals surface area contributed by atoms with Crippen molar-refractivity contribution in [2.24, 2.45) is 0 Å². The molecule has 0 saturated heterocycles. The van der Waals surface area contributed by atoms with Crippen LogP contribution >= 0.6 is 11.8 Å². The first-order chi connectivity index (χ1) is 6.22. The second-order valence-corrected chi connectivity index (χ2v) is 3.03. The Labute approximate surface area is 76.4 Å². The molecule has 0 atom stereocenters. The van der Waals surface area contributed by atoms with Gasteiger partial charge in [0.2, 0.25) is 16.8 Å². The van der Waals surface area contributed by atoms with Crippen molar-refractivity contribution in [1.82, 2.24) is 24.8 Å². The van der Waals surface area contributed by atoms with Crippen LogP contribution in [0, 0.1) is 0 Å². The highest BCUT2D eigenvalue weighted by Crippen LogP contribution is 2.09. The Balaban J connectivity index is 2.90. The number of hydrogen-bond donors (Lipinski definition) is 2. The Bertz CT molecular complexity index is 501. The number of H-pyrrole nitrogens is 1. The van der Waals surface area contributed by atoms with Gasteiger partial charge in [0.05, 0.1) is 0 Å². The van der Waals surface area contributed by atoms with E-state index in [1.54, 1.807) is 0 Å². The highest BCUT2D eigenvalue weighted by atomic mass is 32.2. The minimum atomic E-state index is -0.389. The van der Waals surface area contributed by atoms with Gasteiger partial charge in [-0.05, 0) is 6.26 Å². The van der Waals surface area contributed by atoms with Crippen molar-refractivity contribution in [1.29, 1.82) is 0 Å². The monoisotopic (exact) mass is 198 g/mol. The summed E-state index contributed by atoms with van der Waals surface area (Å²) in [5.41, 5.74) is 5.12. The minimum Gasteiger partial charge on any atom is -0.368 e. The lowest BCUT2D eigenvalue weighted by Crippen LogP contribution is -2.15. The topological polar surface area (TPSA) is 102 Å². The van der Waals surface area contributed by atoms with E-state index >= 15 is 0 Å². The van der Waals surface area contributed by atoms with Crippen LogP contribution in [-0.2, 0) is 0 Å². The number of aromatic nitrogens is 5. The van der Waals surface area contributed by atoms with Crippen LogP contribution in [-0.4, -0.2) is 31.1 Å². The number of nitrogens with one attached hydrogen (secondary N) is 1. The first-order valence-corrected chi connectivity index (χ1v) is 4.60. The van der Waals surface area contributed by atoms with Gasteiger partial charge in [-0.15, -0.1) is 15.3 Å². The second-order valence-electron chi connectivity index (χ2n) is 2.26. The maximum absolute atomic E-state index is 11.2. The minimum absolute atomic E-state index is 0.0487. The fourth-order valence-electron chi connectivity index (χ4n) is 0.929. The molecule has 0 aliphatic rings. The van der Waals surface area contributed by atoms with E-state index in [4.69, 9.17) is 5.73 Å². The molecule has 2 aromatic rings. The van der Waals surface area contributed by atoms with Gasteiger partial charge in [0.1, 0.15) is 0 Å².